The molecule has 0 heterocycles. The Kier molecular flexibility index (Phi) is 11.0. The first-order valence-corrected chi connectivity index (χ1v) is 9.56. The predicted octanol–water partition coefficient (Wildman–Crippen LogP) is 3.62. The second-order valence-electron chi connectivity index (χ2n) is 6.79. The van der Waals surface area contributed by atoms with Gasteiger partial charge in [-0.05, 0) is 44.7 Å². The van der Waals surface area contributed by atoms with Gasteiger partial charge in [-0.3, -0.25) is 0 Å². The minimum Gasteiger partial charge on any atom is -0.493 e. The molecule has 0 aliphatic heterocycles. The van der Waals surface area contributed by atoms with Crippen molar-refractivity contribution in [2.24, 2.45) is 10.9 Å². The number of nitrogens with zero attached hydrogens (tertiary/aromatic N) is 1. The molecule has 1 aromatic carbocycles. The van der Waals surface area contributed by atoms with Crippen molar-refractivity contribution >= 4 is 29.9 Å². The lowest BCUT2D eigenvalue weighted by Crippen LogP contribution is -2.41. The summed E-state index contributed by atoms with van der Waals surface area (Å²) in [5.41, 5.74) is 2.29. The lowest BCUT2D eigenvalue weighted by atomic mass is 10.1. The standard InChI is InChI=1S/C20H33N3O2.HI/c1-4-11-25-19-12-15(3)9-10-17(19)14-23-20(21-5-2)22-13-16-7-6-8-18(16)24;/h9-10,12,16,18,24H,4-8,11,13-14H2,1-3H3,(H2,21,22,23);1H. The summed E-state index contributed by atoms with van der Waals surface area (Å²) in [6.07, 6.45) is 3.93. The molecule has 148 valence electrons. The smallest absolute Gasteiger partial charge is 0.191 e. The SMILES string of the molecule is CCCOc1cc(C)ccc1CN=C(NCC)NCC1CCCC1O.I. The van der Waals surface area contributed by atoms with Crippen molar-refractivity contribution in [1.29, 1.82) is 0 Å². The zero-order chi connectivity index (χ0) is 18.1. The van der Waals surface area contributed by atoms with Gasteiger partial charge in [0.2, 0.25) is 0 Å². The van der Waals surface area contributed by atoms with Gasteiger partial charge in [0.05, 0.1) is 19.3 Å². The topological polar surface area (TPSA) is 65.9 Å². The van der Waals surface area contributed by atoms with E-state index in [1.54, 1.807) is 0 Å². The van der Waals surface area contributed by atoms with E-state index in [4.69, 9.17) is 9.73 Å². The molecule has 1 saturated carbocycles. The lowest BCUT2D eigenvalue weighted by Gasteiger charge is -2.18. The molecule has 1 aromatic rings. The van der Waals surface area contributed by atoms with Gasteiger partial charge >= 0.3 is 0 Å². The molecular weight excluding hydrogens is 441 g/mol. The van der Waals surface area contributed by atoms with Gasteiger partial charge < -0.3 is 20.5 Å². The van der Waals surface area contributed by atoms with Crippen molar-refractivity contribution in [2.75, 3.05) is 19.7 Å². The minimum absolute atomic E-state index is 0. The monoisotopic (exact) mass is 475 g/mol. The van der Waals surface area contributed by atoms with Crippen LogP contribution in [0.1, 0.15) is 50.7 Å². The molecule has 0 saturated heterocycles. The summed E-state index contributed by atoms with van der Waals surface area (Å²) >= 11 is 0. The number of halogens is 1. The summed E-state index contributed by atoms with van der Waals surface area (Å²) in [6, 6.07) is 6.27. The van der Waals surface area contributed by atoms with E-state index >= 15 is 0 Å². The van der Waals surface area contributed by atoms with E-state index in [1.807, 2.05) is 0 Å². The molecule has 3 N–H and O–H groups in total. The maximum absolute atomic E-state index is 9.97. The van der Waals surface area contributed by atoms with Crippen LogP contribution in [0.3, 0.4) is 0 Å². The molecule has 0 radical (unpaired) electrons. The molecule has 2 unspecified atom stereocenters. The molecule has 0 bridgehead atoms. The third-order valence-electron chi connectivity index (χ3n) is 4.59. The Labute approximate surface area is 175 Å². The van der Waals surface area contributed by atoms with Crippen molar-refractivity contribution in [3.8, 4) is 5.75 Å². The Hall–Kier alpha value is -1.02. The molecule has 26 heavy (non-hydrogen) atoms. The van der Waals surface area contributed by atoms with Crippen LogP contribution >= 0.6 is 24.0 Å². The van der Waals surface area contributed by atoms with Crippen molar-refractivity contribution in [1.82, 2.24) is 10.6 Å². The molecule has 2 atom stereocenters. The van der Waals surface area contributed by atoms with E-state index in [0.717, 1.165) is 62.7 Å². The van der Waals surface area contributed by atoms with Crippen molar-refractivity contribution in [3.05, 3.63) is 29.3 Å². The largest absolute Gasteiger partial charge is 0.493 e. The fourth-order valence-electron chi connectivity index (χ4n) is 3.13. The van der Waals surface area contributed by atoms with Crippen LogP contribution in [0, 0.1) is 12.8 Å². The van der Waals surface area contributed by atoms with Crippen molar-refractivity contribution in [2.45, 2.75) is 59.1 Å². The van der Waals surface area contributed by atoms with Crippen LogP contribution in [-0.2, 0) is 6.54 Å². The van der Waals surface area contributed by atoms with Gasteiger partial charge in [-0.2, -0.15) is 0 Å². The summed E-state index contributed by atoms with van der Waals surface area (Å²) in [4.78, 5) is 4.70. The van der Waals surface area contributed by atoms with Gasteiger partial charge in [-0.1, -0.05) is 25.5 Å². The fourth-order valence-corrected chi connectivity index (χ4v) is 3.13. The summed E-state index contributed by atoms with van der Waals surface area (Å²) in [5.74, 6) is 2.04. The number of guanidine groups is 1. The first-order chi connectivity index (χ1) is 12.1. The highest BCUT2D eigenvalue weighted by atomic mass is 127. The van der Waals surface area contributed by atoms with Crippen LogP contribution in [0.25, 0.3) is 0 Å². The quantitative estimate of drug-likeness (QED) is 0.305. The first-order valence-electron chi connectivity index (χ1n) is 9.56. The summed E-state index contributed by atoms with van der Waals surface area (Å²) in [6.45, 7) is 9.11. The average Bonchev–Trinajstić information content (AvgIpc) is 3.01. The van der Waals surface area contributed by atoms with Crippen LogP contribution in [0.5, 0.6) is 5.75 Å². The Morgan fingerprint density at radius 1 is 1.27 bits per heavy atom. The van der Waals surface area contributed by atoms with Gasteiger partial charge in [-0.25, -0.2) is 4.99 Å². The van der Waals surface area contributed by atoms with E-state index in [9.17, 15) is 5.11 Å². The van der Waals surface area contributed by atoms with Crippen LogP contribution in [0.4, 0.5) is 0 Å². The molecule has 2 rings (SSSR count). The molecule has 0 aromatic heterocycles. The Bertz CT molecular complexity index is 566. The maximum atomic E-state index is 9.97. The number of aliphatic hydroxyl groups excluding tert-OH is 1. The van der Waals surface area contributed by atoms with E-state index < -0.39 is 0 Å². The number of aryl methyl sites for hydroxylation is 1. The summed E-state index contributed by atoms with van der Waals surface area (Å²) < 4.78 is 5.87. The normalized spacial score (nSPS) is 19.8. The number of rotatable bonds is 8. The Morgan fingerprint density at radius 2 is 2.08 bits per heavy atom. The number of hydrogen-bond donors (Lipinski definition) is 3. The van der Waals surface area contributed by atoms with E-state index in [2.05, 4.69) is 49.6 Å². The van der Waals surface area contributed by atoms with Crippen LogP contribution in [0.2, 0.25) is 0 Å². The Morgan fingerprint density at radius 3 is 2.73 bits per heavy atom. The van der Waals surface area contributed by atoms with Gasteiger partial charge in [0, 0.05) is 24.6 Å². The molecule has 6 heteroatoms. The zero-order valence-electron chi connectivity index (χ0n) is 16.3. The van der Waals surface area contributed by atoms with Gasteiger partial charge in [0.15, 0.2) is 5.96 Å². The third-order valence-corrected chi connectivity index (χ3v) is 4.59. The zero-order valence-corrected chi connectivity index (χ0v) is 18.6. The average molecular weight is 475 g/mol. The summed E-state index contributed by atoms with van der Waals surface area (Å²) in [7, 11) is 0. The van der Waals surface area contributed by atoms with E-state index in [-0.39, 0.29) is 30.1 Å². The highest BCUT2D eigenvalue weighted by molar-refractivity contribution is 14.0. The highest BCUT2D eigenvalue weighted by Gasteiger charge is 2.24. The second-order valence-corrected chi connectivity index (χ2v) is 6.79. The van der Waals surface area contributed by atoms with E-state index in [0.29, 0.717) is 12.5 Å². The molecule has 1 fully saturated rings. The number of benzene rings is 1. The molecule has 1 aliphatic carbocycles. The van der Waals surface area contributed by atoms with Gasteiger partial charge in [0.1, 0.15) is 5.75 Å². The molecule has 0 spiro atoms. The minimum atomic E-state index is -0.179. The second kappa shape index (κ2) is 12.4. The first kappa shape index (κ1) is 23.0. The highest BCUT2D eigenvalue weighted by Crippen LogP contribution is 2.24. The number of hydrogen-bond acceptors (Lipinski definition) is 3. The maximum Gasteiger partial charge on any atom is 0.191 e. The van der Waals surface area contributed by atoms with Gasteiger partial charge in [0.25, 0.3) is 0 Å². The summed E-state index contributed by atoms with van der Waals surface area (Å²) in [5, 5.41) is 16.6. The van der Waals surface area contributed by atoms with E-state index in [1.165, 1.54) is 5.56 Å². The fraction of sp³-hybridized carbons (Fsp3) is 0.650. The lowest BCUT2D eigenvalue weighted by molar-refractivity contribution is 0.134. The number of ether oxygens (including phenoxy) is 1. The van der Waals surface area contributed by atoms with Crippen LogP contribution in [0.15, 0.2) is 23.2 Å². The molecule has 0 amide bonds. The van der Waals surface area contributed by atoms with Crippen LogP contribution in [-0.4, -0.2) is 36.9 Å². The molecule has 5 nitrogen and oxygen atoms in total. The number of aliphatic hydroxyl groups is 1. The number of aliphatic imine (C=N–C) groups is 1. The van der Waals surface area contributed by atoms with Crippen molar-refractivity contribution < 1.29 is 9.84 Å². The number of nitrogens with one attached hydrogen (secondary N) is 2. The molecule has 1 aliphatic rings. The third kappa shape index (κ3) is 7.31. The van der Waals surface area contributed by atoms with Crippen LogP contribution < -0.4 is 15.4 Å². The molecular formula is C20H34IN3O2. The Balaban J connectivity index is 0.00000338. The predicted molar refractivity (Wildman–Crippen MR) is 119 cm³/mol. The van der Waals surface area contributed by atoms with Crippen molar-refractivity contribution in [3.63, 3.8) is 0 Å². The van der Waals surface area contributed by atoms with Gasteiger partial charge in [-0.15, -0.1) is 24.0 Å².